The van der Waals surface area contributed by atoms with Gasteiger partial charge >= 0.3 is 0 Å². The lowest BCUT2D eigenvalue weighted by atomic mass is 10.8. The van der Waals surface area contributed by atoms with Gasteiger partial charge in [0, 0.05) is 0 Å². The van der Waals surface area contributed by atoms with Crippen LogP contribution in [-0.2, 0) is 4.74 Å². The van der Waals surface area contributed by atoms with Crippen molar-refractivity contribution in [3.05, 3.63) is 0 Å². The summed E-state index contributed by atoms with van der Waals surface area (Å²) in [5.74, 6) is 0. The van der Waals surface area contributed by atoms with E-state index in [1.54, 1.807) is 0 Å². The van der Waals surface area contributed by atoms with Crippen LogP contribution in [-0.4, -0.2) is 22.9 Å². The van der Waals surface area contributed by atoms with Gasteiger partial charge in [0.1, 0.15) is 9.67 Å². The van der Waals surface area contributed by atoms with Crippen LogP contribution in [0.2, 0.25) is 0 Å². The highest BCUT2D eigenvalue weighted by Crippen LogP contribution is 2.05. The molecule has 64 valence electrons. The standard InChI is InChI=1S/C4H6Cl4O.ClH/c5-3(6)1-9-2-4(7)8;/h3-4H,1-2H2;1H. The molecule has 0 aliphatic heterocycles. The quantitative estimate of drug-likeness (QED) is 0.695. The smallest absolute Gasteiger partial charge is 0.131 e. The molecule has 6 heteroatoms. The molecule has 0 rings (SSSR count). The third kappa shape index (κ3) is 12.1. The Balaban J connectivity index is 0. The van der Waals surface area contributed by atoms with Crippen molar-refractivity contribution >= 4 is 58.8 Å². The first-order chi connectivity index (χ1) is 4.13. The van der Waals surface area contributed by atoms with Gasteiger partial charge in [-0.05, 0) is 0 Å². The SMILES string of the molecule is Cl.ClC(Cl)COCC(Cl)Cl. The molecule has 1 nitrogen and oxygen atoms in total. The molecule has 0 aliphatic rings. The maximum atomic E-state index is 5.32. The summed E-state index contributed by atoms with van der Waals surface area (Å²) in [6.45, 7) is 0.526. The number of hydrogen-bond donors (Lipinski definition) is 0. The van der Waals surface area contributed by atoms with E-state index in [9.17, 15) is 0 Å². The molecule has 0 radical (unpaired) electrons. The van der Waals surface area contributed by atoms with E-state index >= 15 is 0 Å². The van der Waals surface area contributed by atoms with E-state index in [0.29, 0.717) is 0 Å². The zero-order valence-corrected chi connectivity index (χ0v) is 8.74. The molecule has 0 unspecified atom stereocenters. The van der Waals surface area contributed by atoms with Crippen molar-refractivity contribution < 1.29 is 4.74 Å². The summed E-state index contributed by atoms with van der Waals surface area (Å²) in [7, 11) is 0. The number of ether oxygens (including phenoxy) is 1. The van der Waals surface area contributed by atoms with Gasteiger partial charge < -0.3 is 4.74 Å². The number of hydrogen-bond acceptors (Lipinski definition) is 1. The third-order valence-electron chi connectivity index (χ3n) is 0.488. The minimum absolute atomic E-state index is 0. The largest absolute Gasteiger partial charge is 0.376 e. The van der Waals surface area contributed by atoms with Crippen molar-refractivity contribution in [2.45, 2.75) is 9.67 Å². The zero-order valence-electron chi connectivity index (χ0n) is 4.90. The van der Waals surface area contributed by atoms with E-state index < -0.39 is 9.67 Å². The Morgan fingerprint density at radius 3 is 1.40 bits per heavy atom. The van der Waals surface area contributed by atoms with Crippen molar-refractivity contribution in [2.24, 2.45) is 0 Å². The number of alkyl halides is 4. The van der Waals surface area contributed by atoms with Crippen LogP contribution in [0.4, 0.5) is 0 Å². The van der Waals surface area contributed by atoms with Crippen molar-refractivity contribution in [2.75, 3.05) is 13.2 Å². The Hall–Kier alpha value is 1.41. The molecular formula is C4H7Cl5O. The van der Waals surface area contributed by atoms with Crippen LogP contribution in [0.3, 0.4) is 0 Å². The summed E-state index contributed by atoms with van der Waals surface area (Å²) in [4.78, 5) is -1.01. The highest BCUT2D eigenvalue weighted by molar-refractivity contribution is 6.44. The number of rotatable bonds is 4. The van der Waals surface area contributed by atoms with E-state index in [2.05, 4.69) is 0 Å². The molecule has 0 aromatic rings. The molecule has 0 bridgehead atoms. The molecule has 10 heavy (non-hydrogen) atoms. The highest BCUT2D eigenvalue weighted by atomic mass is 35.5. The van der Waals surface area contributed by atoms with Crippen molar-refractivity contribution in [3.8, 4) is 0 Å². The summed E-state index contributed by atoms with van der Waals surface area (Å²) < 4.78 is 4.83. The molecule has 0 amide bonds. The predicted molar refractivity (Wildman–Crippen MR) is 49.1 cm³/mol. The first-order valence-corrected chi connectivity index (χ1v) is 4.01. The molecule has 0 saturated carbocycles. The fourth-order valence-corrected chi connectivity index (χ4v) is 0.603. The average Bonchev–Trinajstić information content (AvgIpc) is 1.63. The lowest BCUT2D eigenvalue weighted by Crippen LogP contribution is -2.07. The van der Waals surface area contributed by atoms with Gasteiger partial charge in [-0.3, -0.25) is 0 Å². The van der Waals surface area contributed by atoms with E-state index in [1.807, 2.05) is 0 Å². The maximum absolute atomic E-state index is 5.32. The van der Waals surface area contributed by atoms with E-state index in [1.165, 1.54) is 0 Å². The molecule has 0 N–H and O–H groups in total. The van der Waals surface area contributed by atoms with Crippen LogP contribution in [0, 0.1) is 0 Å². The van der Waals surface area contributed by atoms with Crippen molar-refractivity contribution in [3.63, 3.8) is 0 Å². The molecule has 0 atom stereocenters. The van der Waals surface area contributed by atoms with Gasteiger partial charge in [0.15, 0.2) is 0 Å². The summed E-state index contributed by atoms with van der Waals surface area (Å²) in [5.41, 5.74) is 0. The van der Waals surface area contributed by atoms with Gasteiger partial charge in [-0.2, -0.15) is 0 Å². The molecule has 0 fully saturated rings. The van der Waals surface area contributed by atoms with Gasteiger partial charge in [0.05, 0.1) is 13.2 Å². The minimum atomic E-state index is -0.503. The minimum Gasteiger partial charge on any atom is -0.376 e. The Morgan fingerprint density at radius 2 is 1.20 bits per heavy atom. The van der Waals surface area contributed by atoms with Crippen LogP contribution in [0.1, 0.15) is 0 Å². The third-order valence-corrected chi connectivity index (χ3v) is 0.992. The average molecular weight is 248 g/mol. The molecule has 0 aromatic carbocycles. The second-order valence-corrected chi connectivity index (χ2v) is 3.87. The molecule has 0 saturated heterocycles. The van der Waals surface area contributed by atoms with Gasteiger partial charge in [-0.15, -0.1) is 58.8 Å². The topological polar surface area (TPSA) is 9.23 Å². The van der Waals surface area contributed by atoms with Crippen LogP contribution in [0.15, 0.2) is 0 Å². The summed E-state index contributed by atoms with van der Waals surface area (Å²) >= 11 is 21.3. The molecule has 0 aliphatic carbocycles. The van der Waals surface area contributed by atoms with Crippen LogP contribution in [0.25, 0.3) is 0 Å². The first-order valence-electron chi connectivity index (χ1n) is 2.27. The van der Waals surface area contributed by atoms with Crippen LogP contribution >= 0.6 is 58.8 Å². The first kappa shape index (κ1) is 14.0. The normalized spacial score (nSPS) is 10.2. The lowest BCUT2D eigenvalue weighted by molar-refractivity contribution is 0.155. The van der Waals surface area contributed by atoms with Gasteiger partial charge in [0.25, 0.3) is 0 Å². The van der Waals surface area contributed by atoms with Crippen LogP contribution in [0.5, 0.6) is 0 Å². The second-order valence-electron chi connectivity index (χ2n) is 1.32. The number of halogens is 5. The van der Waals surface area contributed by atoms with Gasteiger partial charge in [0.2, 0.25) is 0 Å². The van der Waals surface area contributed by atoms with Gasteiger partial charge in [-0.1, -0.05) is 0 Å². The van der Waals surface area contributed by atoms with Crippen molar-refractivity contribution in [1.29, 1.82) is 0 Å². The molecule has 0 aromatic heterocycles. The lowest BCUT2D eigenvalue weighted by Gasteiger charge is -2.03. The summed E-state index contributed by atoms with van der Waals surface area (Å²) in [5, 5.41) is 0. The fourth-order valence-electron chi connectivity index (χ4n) is 0.246. The maximum Gasteiger partial charge on any atom is 0.131 e. The van der Waals surface area contributed by atoms with Crippen molar-refractivity contribution in [1.82, 2.24) is 0 Å². The monoisotopic (exact) mass is 246 g/mol. The molecule has 0 spiro atoms. The fraction of sp³-hybridized carbons (Fsp3) is 1.00. The summed E-state index contributed by atoms with van der Waals surface area (Å²) in [6, 6.07) is 0. The Kier molecular flexibility index (Phi) is 11.9. The Bertz CT molecular complexity index is 58.7. The van der Waals surface area contributed by atoms with E-state index in [0.717, 1.165) is 0 Å². The zero-order chi connectivity index (χ0) is 7.28. The summed E-state index contributed by atoms with van der Waals surface area (Å²) in [6.07, 6.45) is 0. The molecule has 0 heterocycles. The van der Waals surface area contributed by atoms with E-state index in [-0.39, 0.29) is 25.6 Å². The predicted octanol–water partition coefficient (Wildman–Crippen LogP) is 3.03. The Labute approximate surface area is 86.3 Å². The van der Waals surface area contributed by atoms with Gasteiger partial charge in [-0.25, -0.2) is 0 Å². The molecular weight excluding hydrogens is 241 g/mol. The highest BCUT2D eigenvalue weighted by Gasteiger charge is 2.01. The van der Waals surface area contributed by atoms with Crippen LogP contribution < -0.4 is 0 Å². The van der Waals surface area contributed by atoms with E-state index in [4.69, 9.17) is 51.1 Å². The second kappa shape index (κ2) is 8.51. The Morgan fingerprint density at radius 1 is 0.900 bits per heavy atom.